The average Bonchev–Trinajstić information content (AvgIpc) is 2.25. The van der Waals surface area contributed by atoms with Crippen LogP contribution in [0.1, 0.15) is 11.1 Å². The zero-order valence-electron chi connectivity index (χ0n) is 8.51. The number of ether oxygens (including phenoxy) is 1. The van der Waals surface area contributed by atoms with E-state index in [2.05, 4.69) is 15.9 Å². The van der Waals surface area contributed by atoms with Gasteiger partial charge in [0.1, 0.15) is 5.75 Å². The zero-order chi connectivity index (χ0) is 12.2. The zero-order valence-corrected chi connectivity index (χ0v) is 10.1. The lowest BCUT2D eigenvalue weighted by atomic mass is 10.1. The average molecular weight is 295 g/mol. The summed E-state index contributed by atoms with van der Waals surface area (Å²) in [5.41, 5.74) is -0.559. The van der Waals surface area contributed by atoms with E-state index in [1.54, 1.807) is 6.08 Å². The molecule has 0 bridgehead atoms. The highest BCUT2D eigenvalue weighted by molar-refractivity contribution is 9.09. The van der Waals surface area contributed by atoms with Crippen molar-refractivity contribution in [3.05, 3.63) is 35.4 Å². The van der Waals surface area contributed by atoms with E-state index in [1.807, 2.05) is 0 Å². The molecular formula is C11H10BrF3O. The van der Waals surface area contributed by atoms with E-state index < -0.39 is 11.7 Å². The highest BCUT2D eigenvalue weighted by atomic mass is 79.9. The Hall–Kier alpha value is -0.970. The van der Waals surface area contributed by atoms with Gasteiger partial charge in [-0.25, -0.2) is 0 Å². The summed E-state index contributed by atoms with van der Waals surface area (Å²) in [7, 11) is 1.34. The highest BCUT2D eigenvalue weighted by Crippen LogP contribution is 2.34. The summed E-state index contributed by atoms with van der Waals surface area (Å²) in [5.74, 6) is 0.198. The molecule has 0 radical (unpaired) electrons. The summed E-state index contributed by atoms with van der Waals surface area (Å²) < 4.78 is 42.8. The van der Waals surface area contributed by atoms with Crippen LogP contribution in [0.4, 0.5) is 13.2 Å². The number of benzene rings is 1. The van der Waals surface area contributed by atoms with Crippen molar-refractivity contribution in [1.82, 2.24) is 0 Å². The minimum atomic E-state index is -4.37. The molecule has 0 spiro atoms. The van der Waals surface area contributed by atoms with Gasteiger partial charge < -0.3 is 4.74 Å². The van der Waals surface area contributed by atoms with E-state index in [0.29, 0.717) is 5.33 Å². The summed E-state index contributed by atoms with van der Waals surface area (Å²) in [6.07, 6.45) is -1.34. The van der Waals surface area contributed by atoms with Crippen molar-refractivity contribution in [2.24, 2.45) is 0 Å². The number of allylic oxidation sites excluding steroid dienone is 1. The molecule has 16 heavy (non-hydrogen) atoms. The second kappa shape index (κ2) is 5.39. The molecule has 0 heterocycles. The highest BCUT2D eigenvalue weighted by Gasteiger charge is 2.33. The smallest absolute Gasteiger partial charge is 0.417 e. The van der Waals surface area contributed by atoms with Gasteiger partial charge in [0.25, 0.3) is 0 Å². The molecule has 0 aromatic heterocycles. The van der Waals surface area contributed by atoms with Crippen molar-refractivity contribution in [3.8, 4) is 5.75 Å². The molecule has 0 aliphatic heterocycles. The summed E-state index contributed by atoms with van der Waals surface area (Å²) >= 11 is 3.12. The summed E-state index contributed by atoms with van der Waals surface area (Å²) in [4.78, 5) is 0. The van der Waals surface area contributed by atoms with Gasteiger partial charge in [-0.15, -0.1) is 0 Å². The Morgan fingerprint density at radius 3 is 2.56 bits per heavy atom. The lowest BCUT2D eigenvalue weighted by molar-refractivity contribution is -0.137. The first-order chi connectivity index (χ1) is 7.49. The fourth-order valence-electron chi connectivity index (χ4n) is 1.22. The Kier molecular flexibility index (Phi) is 4.41. The predicted molar refractivity (Wildman–Crippen MR) is 60.8 cm³/mol. The van der Waals surface area contributed by atoms with Crippen LogP contribution in [0.25, 0.3) is 6.08 Å². The predicted octanol–water partition coefficient (Wildman–Crippen LogP) is 4.12. The van der Waals surface area contributed by atoms with Crippen molar-refractivity contribution in [1.29, 1.82) is 0 Å². The maximum Gasteiger partial charge on any atom is 0.417 e. The van der Waals surface area contributed by atoms with Crippen LogP contribution in [0.15, 0.2) is 24.3 Å². The third kappa shape index (κ3) is 3.27. The Bertz CT molecular complexity index is 385. The fourth-order valence-corrected chi connectivity index (χ4v) is 1.41. The van der Waals surface area contributed by atoms with Crippen molar-refractivity contribution in [2.45, 2.75) is 6.18 Å². The Morgan fingerprint density at radius 1 is 1.38 bits per heavy atom. The number of hydrogen-bond donors (Lipinski definition) is 0. The van der Waals surface area contributed by atoms with E-state index in [1.165, 1.54) is 25.3 Å². The van der Waals surface area contributed by atoms with Crippen molar-refractivity contribution < 1.29 is 17.9 Å². The van der Waals surface area contributed by atoms with E-state index >= 15 is 0 Å². The van der Waals surface area contributed by atoms with Gasteiger partial charge in [-0.1, -0.05) is 34.1 Å². The van der Waals surface area contributed by atoms with Gasteiger partial charge >= 0.3 is 6.18 Å². The van der Waals surface area contributed by atoms with E-state index in [0.717, 1.165) is 6.07 Å². The quantitative estimate of drug-likeness (QED) is 0.762. The minimum Gasteiger partial charge on any atom is -0.497 e. The molecule has 0 saturated carbocycles. The monoisotopic (exact) mass is 294 g/mol. The van der Waals surface area contributed by atoms with Gasteiger partial charge in [0.2, 0.25) is 0 Å². The SMILES string of the molecule is COc1ccc(C=CCBr)c(C(F)(F)F)c1. The normalized spacial score (nSPS) is 12.1. The van der Waals surface area contributed by atoms with E-state index in [9.17, 15) is 13.2 Å². The molecular weight excluding hydrogens is 285 g/mol. The molecule has 1 nitrogen and oxygen atoms in total. The molecule has 0 N–H and O–H groups in total. The molecule has 0 saturated heterocycles. The lowest BCUT2D eigenvalue weighted by Gasteiger charge is -2.11. The van der Waals surface area contributed by atoms with Crippen LogP contribution in [-0.4, -0.2) is 12.4 Å². The molecule has 1 aromatic carbocycles. The first-order valence-electron chi connectivity index (χ1n) is 4.46. The van der Waals surface area contributed by atoms with Crippen LogP contribution < -0.4 is 4.74 Å². The summed E-state index contributed by atoms with van der Waals surface area (Å²) in [6.45, 7) is 0. The molecule has 0 fully saturated rings. The van der Waals surface area contributed by atoms with Gasteiger partial charge in [0.05, 0.1) is 12.7 Å². The minimum absolute atomic E-state index is 0.132. The number of methoxy groups -OCH3 is 1. The topological polar surface area (TPSA) is 9.23 Å². The van der Waals surface area contributed by atoms with Gasteiger partial charge in [-0.2, -0.15) is 13.2 Å². The van der Waals surface area contributed by atoms with Crippen LogP contribution >= 0.6 is 15.9 Å². The van der Waals surface area contributed by atoms with E-state index in [4.69, 9.17) is 4.74 Å². The summed E-state index contributed by atoms with van der Waals surface area (Å²) in [5, 5.41) is 0.510. The second-order valence-corrected chi connectivity index (χ2v) is 3.66. The Morgan fingerprint density at radius 2 is 2.06 bits per heavy atom. The number of rotatable bonds is 3. The Labute approximate surface area is 100 Å². The third-order valence-electron chi connectivity index (χ3n) is 1.95. The maximum absolute atomic E-state index is 12.7. The van der Waals surface area contributed by atoms with Gasteiger partial charge in [-0.3, -0.25) is 0 Å². The van der Waals surface area contributed by atoms with Crippen LogP contribution in [-0.2, 0) is 6.18 Å². The standard InChI is InChI=1S/C11H10BrF3O/c1-16-9-5-4-8(3-2-6-12)10(7-9)11(13,14)15/h2-5,7H,6H2,1H3. The maximum atomic E-state index is 12.7. The fraction of sp³-hybridized carbons (Fsp3) is 0.273. The van der Waals surface area contributed by atoms with Gasteiger partial charge in [0, 0.05) is 5.33 Å². The Balaban J connectivity index is 3.22. The molecule has 88 valence electrons. The number of halogens is 4. The molecule has 0 unspecified atom stereocenters. The molecule has 0 aliphatic rings. The van der Waals surface area contributed by atoms with Crippen LogP contribution in [0, 0.1) is 0 Å². The molecule has 1 aromatic rings. The summed E-state index contributed by atoms with van der Waals surface area (Å²) in [6, 6.07) is 3.89. The van der Waals surface area contributed by atoms with E-state index in [-0.39, 0.29) is 11.3 Å². The van der Waals surface area contributed by atoms with Crippen molar-refractivity contribution in [2.75, 3.05) is 12.4 Å². The second-order valence-electron chi connectivity index (χ2n) is 3.01. The van der Waals surface area contributed by atoms with Crippen molar-refractivity contribution >= 4 is 22.0 Å². The van der Waals surface area contributed by atoms with Gasteiger partial charge in [-0.05, 0) is 17.7 Å². The van der Waals surface area contributed by atoms with Gasteiger partial charge in [0.15, 0.2) is 0 Å². The molecule has 0 aliphatic carbocycles. The van der Waals surface area contributed by atoms with Crippen molar-refractivity contribution in [3.63, 3.8) is 0 Å². The molecule has 0 atom stereocenters. The largest absolute Gasteiger partial charge is 0.497 e. The molecule has 1 rings (SSSR count). The van der Waals surface area contributed by atoms with Crippen LogP contribution in [0.5, 0.6) is 5.75 Å². The first kappa shape index (κ1) is 13.1. The number of hydrogen-bond acceptors (Lipinski definition) is 1. The van der Waals surface area contributed by atoms with Crippen LogP contribution in [0.3, 0.4) is 0 Å². The molecule has 5 heteroatoms. The van der Waals surface area contributed by atoms with Crippen LogP contribution in [0.2, 0.25) is 0 Å². The lowest BCUT2D eigenvalue weighted by Crippen LogP contribution is -2.07. The number of alkyl halides is 4. The first-order valence-corrected chi connectivity index (χ1v) is 5.59. The third-order valence-corrected chi connectivity index (χ3v) is 2.33. The molecule has 0 amide bonds.